The Morgan fingerprint density at radius 1 is 1.54 bits per heavy atom. The van der Waals surface area contributed by atoms with E-state index in [0.717, 1.165) is 18.4 Å². The highest BCUT2D eigenvalue weighted by atomic mass is 14.9. The summed E-state index contributed by atoms with van der Waals surface area (Å²) in [6.07, 6.45) is 11.5. The molecule has 3 atom stereocenters. The Bertz CT molecular complexity index is 180. The van der Waals surface area contributed by atoms with Crippen LogP contribution in [0.5, 0.6) is 0 Å². The first-order chi connectivity index (χ1) is 6.26. The van der Waals surface area contributed by atoms with Crippen molar-refractivity contribution in [2.75, 3.05) is 0 Å². The van der Waals surface area contributed by atoms with E-state index in [1.54, 1.807) is 0 Å². The Hall–Kier alpha value is -0.480. The fraction of sp³-hybridized carbons (Fsp3) is 0.833. The average Bonchev–Trinajstić information content (AvgIpc) is 2.52. The molecule has 0 aromatic rings. The predicted octanol–water partition coefficient (Wildman–Crippen LogP) is 2.57. The summed E-state index contributed by atoms with van der Waals surface area (Å²) in [5.74, 6) is 3.66. The summed E-state index contributed by atoms with van der Waals surface area (Å²) < 4.78 is 0. The minimum atomic E-state index is 0.491. The van der Waals surface area contributed by atoms with Gasteiger partial charge in [-0.15, -0.1) is 12.3 Å². The molecule has 13 heavy (non-hydrogen) atoms. The second kappa shape index (κ2) is 5.29. The van der Waals surface area contributed by atoms with Crippen LogP contribution in [0.3, 0.4) is 0 Å². The first-order valence-corrected chi connectivity index (χ1v) is 5.45. The number of nitrogens with one attached hydrogen (secondary N) is 1. The molecule has 1 aliphatic carbocycles. The van der Waals surface area contributed by atoms with E-state index in [0.29, 0.717) is 6.04 Å². The molecule has 0 aromatic carbocycles. The molecule has 0 saturated heterocycles. The summed E-state index contributed by atoms with van der Waals surface area (Å²) in [4.78, 5) is 0. The number of hydrogen-bond acceptors (Lipinski definition) is 1. The Morgan fingerprint density at radius 3 is 2.85 bits per heavy atom. The second-order valence-electron chi connectivity index (χ2n) is 4.26. The van der Waals surface area contributed by atoms with E-state index < -0.39 is 0 Å². The molecule has 0 radical (unpaired) electrons. The molecule has 0 amide bonds. The lowest BCUT2D eigenvalue weighted by Crippen LogP contribution is -2.34. The van der Waals surface area contributed by atoms with E-state index in [1.807, 2.05) is 0 Å². The minimum absolute atomic E-state index is 0.491. The van der Waals surface area contributed by atoms with Crippen LogP contribution in [0.25, 0.3) is 0 Å². The predicted molar refractivity (Wildman–Crippen MR) is 57.5 cm³/mol. The van der Waals surface area contributed by atoms with Crippen LogP contribution in [-0.4, -0.2) is 12.1 Å². The van der Waals surface area contributed by atoms with Gasteiger partial charge in [-0.25, -0.2) is 0 Å². The largest absolute Gasteiger partial charge is 0.311 e. The third-order valence-electron chi connectivity index (χ3n) is 3.06. The third-order valence-corrected chi connectivity index (χ3v) is 3.06. The average molecular weight is 179 g/mol. The van der Waals surface area contributed by atoms with Crippen molar-refractivity contribution < 1.29 is 0 Å². The van der Waals surface area contributed by atoms with E-state index in [1.165, 1.54) is 25.7 Å². The lowest BCUT2D eigenvalue weighted by Gasteiger charge is -2.17. The van der Waals surface area contributed by atoms with Gasteiger partial charge in [0, 0.05) is 18.5 Å². The van der Waals surface area contributed by atoms with Crippen LogP contribution in [0.4, 0.5) is 0 Å². The van der Waals surface area contributed by atoms with Crippen LogP contribution in [0.1, 0.15) is 46.0 Å². The quantitative estimate of drug-likeness (QED) is 0.654. The normalized spacial score (nSPS) is 29.9. The van der Waals surface area contributed by atoms with Crippen molar-refractivity contribution in [2.45, 2.75) is 58.0 Å². The molecule has 1 aliphatic rings. The monoisotopic (exact) mass is 179 g/mol. The van der Waals surface area contributed by atoms with E-state index in [2.05, 4.69) is 25.1 Å². The molecule has 3 unspecified atom stereocenters. The van der Waals surface area contributed by atoms with Crippen molar-refractivity contribution >= 4 is 0 Å². The van der Waals surface area contributed by atoms with E-state index in [4.69, 9.17) is 6.42 Å². The first-order valence-electron chi connectivity index (χ1n) is 5.45. The van der Waals surface area contributed by atoms with Gasteiger partial charge in [-0.2, -0.15) is 0 Å². The molecular formula is C12H21N. The Morgan fingerprint density at radius 2 is 2.31 bits per heavy atom. The van der Waals surface area contributed by atoms with E-state index in [9.17, 15) is 0 Å². The zero-order valence-corrected chi connectivity index (χ0v) is 8.84. The SMILES string of the molecule is C#CCC(C)NC1CCC(CC)C1. The lowest BCUT2D eigenvalue weighted by atomic mass is 10.1. The van der Waals surface area contributed by atoms with Crippen molar-refractivity contribution in [3.63, 3.8) is 0 Å². The Kier molecular flexibility index (Phi) is 4.32. The van der Waals surface area contributed by atoms with Gasteiger partial charge < -0.3 is 5.32 Å². The van der Waals surface area contributed by atoms with Crippen molar-refractivity contribution in [3.8, 4) is 12.3 Å². The van der Waals surface area contributed by atoms with Gasteiger partial charge in [0.1, 0.15) is 0 Å². The standard InChI is InChI=1S/C12H21N/c1-4-6-10(3)13-12-8-7-11(5-2)9-12/h1,10-13H,5-9H2,2-3H3. The molecule has 1 heteroatoms. The van der Waals surface area contributed by atoms with Gasteiger partial charge >= 0.3 is 0 Å². The molecule has 0 bridgehead atoms. The molecule has 1 N–H and O–H groups in total. The molecule has 1 nitrogen and oxygen atoms in total. The van der Waals surface area contributed by atoms with Crippen LogP contribution in [0.2, 0.25) is 0 Å². The molecule has 0 aliphatic heterocycles. The highest BCUT2D eigenvalue weighted by Gasteiger charge is 2.23. The van der Waals surface area contributed by atoms with Gasteiger partial charge in [0.15, 0.2) is 0 Å². The van der Waals surface area contributed by atoms with E-state index in [-0.39, 0.29) is 0 Å². The molecule has 0 aromatic heterocycles. The topological polar surface area (TPSA) is 12.0 Å². The maximum Gasteiger partial charge on any atom is 0.0238 e. The van der Waals surface area contributed by atoms with Crippen LogP contribution in [0, 0.1) is 18.3 Å². The summed E-state index contributed by atoms with van der Waals surface area (Å²) in [6.45, 7) is 4.47. The minimum Gasteiger partial charge on any atom is -0.311 e. The highest BCUT2D eigenvalue weighted by Crippen LogP contribution is 2.28. The van der Waals surface area contributed by atoms with E-state index >= 15 is 0 Å². The summed E-state index contributed by atoms with van der Waals surface area (Å²) >= 11 is 0. The van der Waals surface area contributed by atoms with Gasteiger partial charge in [-0.3, -0.25) is 0 Å². The molecule has 74 valence electrons. The van der Waals surface area contributed by atoms with Gasteiger partial charge in [-0.1, -0.05) is 13.3 Å². The van der Waals surface area contributed by atoms with Crippen LogP contribution in [0.15, 0.2) is 0 Å². The Labute approximate surface area is 82.3 Å². The molecule has 1 rings (SSSR count). The number of rotatable bonds is 4. The van der Waals surface area contributed by atoms with Crippen molar-refractivity contribution in [2.24, 2.45) is 5.92 Å². The van der Waals surface area contributed by atoms with Gasteiger partial charge in [0.2, 0.25) is 0 Å². The first kappa shape index (κ1) is 10.6. The van der Waals surface area contributed by atoms with Crippen LogP contribution < -0.4 is 5.32 Å². The summed E-state index contributed by atoms with van der Waals surface area (Å²) in [7, 11) is 0. The third kappa shape index (κ3) is 3.40. The molecule has 1 saturated carbocycles. The van der Waals surface area contributed by atoms with Gasteiger partial charge in [0.05, 0.1) is 0 Å². The molecular weight excluding hydrogens is 158 g/mol. The summed E-state index contributed by atoms with van der Waals surface area (Å²) in [5.41, 5.74) is 0. The lowest BCUT2D eigenvalue weighted by molar-refractivity contribution is 0.434. The second-order valence-corrected chi connectivity index (χ2v) is 4.26. The maximum absolute atomic E-state index is 5.27. The fourth-order valence-electron chi connectivity index (χ4n) is 2.24. The van der Waals surface area contributed by atoms with Crippen molar-refractivity contribution in [3.05, 3.63) is 0 Å². The van der Waals surface area contributed by atoms with Gasteiger partial charge in [-0.05, 0) is 32.1 Å². The highest BCUT2D eigenvalue weighted by molar-refractivity contribution is 4.90. The zero-order chi connectivity index (χ0) is 9.68. The van der Waals surface area contributed by atoms with Crippen LogP contribution in [-0.2, 0) is 0 Å². The summed E-state index contributed by atoms with van der Waals surface area (Å²) in [6, 6.07) is 1.22. The molecule has 0 heterocycles. The Balaban J connectivity index is 2.20. The zero-order valence-electron chi connectivity index (χ0n) is 8.84. The molecule has 0 spiro atoms. The fourth-order valence-corrected chi connectivity index (χ4v) is 2.24. The van der Waals surface area contributed by atoms with Crippen LogP contribution >= 0.6 is 0 Å². The number of hydrogen-bond donors (Lipinski definition) is 1. The van der Waals surface area contributed by atoms with Gasteiger partial charge in [0.25, 0.3) is 0 Å². The smallest absolute Gasteiger partial charge is 0.0238 e. The number of terminal acetylenes is 1. The van der Waals surface area contributed by atoms with Crippen molar-refractivity contribution in [1.29, 1.82) is 0 Å². The summed E-state index contributed by atoms with van der Waals surface area (Å²) in [5, 5.41) is 3.60. The molecule has 1 fully saturated rings. The maximum atomic E-state index is 5.27. The van der Waals surface area contributed by atoms with Crippen molar-refractivity contribution in [1.82, 2.24) is 5.32 Å².